The van der Waals surface area contributed by atoms with Gasteiger partial charge in [-0.1, -0.05) is 6.58 Å². The number of thioether (sulfide) groups is 1. The predicted octanol–water partition coefficient (Wildman–Crippen LogP) is 3.15. The van der Waals surface area contributed by atoms with Gasteiger partial charge in [0.05, 0.1) is 22.6 Å². The van der Waals surface area contributed by atoms with Crippen molar-refractivity contribution in [3.05, 3.63) is 66.0 Å². The number of nitrogens with two attached hydrogens (primary N) is 1. The fraction of sp³-hybridized carbons (Fsp3) is 0.304. The molecule has 0 bridgehead atoms. The number of carbonyl (C=O) groups excluding carboxylic acids is 1. The predicted molar refractivity (Wildman–Crippen MR) is 137 cm³/mol. The Morgan fingerprint density at radius 3 is 2.64 bits per heavy atom. The fourth-order valence-corrected chi connectivity index (χ4v) is 2.92. The Morgan fingerprint density at radius 2 is 2.15 bits per heavy atom. The van der Waals surface area contributed by atoms with Crippen LogP contribution in [0.1, 0.15) is 30.4 Å². The van der Waals surface area contributed by atoms with E-state index in [9.17, 15) is 9.18 Å². The summed E-state index contributed by atoms with van der Waals surface area (Å²) >= 11 is 1.39. The van der Waals surface area contributed by atoms with Gasteiger partial charge in [-0.05, 0) is 63.7 Å². The van der Waals surface area contributed by atoms with Gasteiger partial charge in [0.15, 0.2) is 0 Å². The second-order valence-corrected chi connectivity index (χ2v) is 7.54. The third kappa shape index (κ3) is 10.3. The average Bonchev–Trinajstić information content (AvgIpc) is 3.13. The van der Waals surface area contributed by atoms with E-state index < -0.39 is 0 Å². The Hall–Kier alpha value is -3.24. The summed E-state index contributed by atoms with van der Waals surface area (Å²) in [7, 11) is 0. The number of pyridine rings is 1. The third-order valence-electron chi connectivity index (χ3n) is 4.17. The maximum atomic E-state index is 13.2. The molecule has 178 valence electrons. The molecule has 10 heteroatoms. The molecule has 8 nitrogen and oxygen atoms in total. The lowest BCUT2D eigenvalue weighted by molar-refractivity contribution is -0.109. The van der Waals surface area contributed by atoms with E-state index in [0.717, 1.165) is 11.4 Å². The van der Waals surface area contributed by atoms with Crippen LogP contribution in [0.2, 0.25) is 0 Å². The highest BCUT2D eigenvalue weighted by Gasteiger charge is 2.07. The standard InChI is InChI=1S/C11H16N4O.C9H9FN2S.C3H7N/c1-3-10-11(6-9(2)12)15(7-14-10)5-4-13-8-16;1-11-6-8(13-2)9-7(10)4-3-5-12-9;1-2-4-3-1/h3,6-8H,1,4-5,12H2,2H3,(H,13,16);3-6H,1H2,2H3;4H,1-3H2/b9-6+;8-6-;. The molecule has 33 heavy (non-hydrogen) atoms. The van der Waals surface area contributed by atoms with Crippen molar-refractivity contribution in [1.29, 1.82) is 0 Å². The molecule has 0 atom stereocenters. The van der Waals surface area contributed by atoms with Gasteiger partial charge in [-0.3, -0.25) is 14.8 Å². The lowest BCUT2D eigenvalue weighted by atomic mass is 10.2. The Kier molecular flexibility index (Phi) is 13.8. The fourth-order valence-electron chi connectivity index (χ4n) is 2.40. The number of allylic oxidation sites excluding steroid dienone is 1. The summed E-state index contributed by atoms with van der Waals surface area (Å²) in [5.74, 6) is -0.341. The number of nitrogens with zero attached hydrogens (tertiary/aromatic N) is 4. The number of aromatic nitrogens is 3. The monoisotopic (exact) mass is 473 g/mol. The molecule has 1 amide bonds. The van der Waals surface area contributed by atoms with Crippen LogP contribution < -0.4 is 16.4 Å². The molecule has 0 unspecified atom stereocenters. The topological polar surface area (TPSA) is 110 Å². The van der Waals surface area contributed by atoms with Crippen LogP contribution in [-0.2, 0) is 11.3 Å². The summed E-state index contributed by atoms with van der Waals surface area (Å²) in [6.07, 6.45) is 12.2. The second-order valence-electron chi connectivity index (χ2n) is 6.69. The summed E-state index contributed by atoms with van der Waals surface area (Å²) in [6, 6.07) is 2.92. The summed E-state index contributed by atoms with van der Waals surface area (Å²) in [4.78, 5) is 22.5. The van der Waals surface area contributed by atoms with Gasteiger partial charge in [-0.25, -0.2) is 9.37 Å². The van der Waals surface area contributed by atoms with Crippen molar-refractivity contribution in [2.45, 2.75) is 19.9 Å². The van der Waals surface area contributed by atoms with Crippen molar-refractivity contribution >= 4 is 41.9 Å². The van der Waals surface area contributed by atoms with Gasteiger partial charge in [0, 0.05) is 31.2 Å². The van der Waals surface area contributed by atoms with Gasteiger partial charge < -0.3 is 20.9 Å². The minimum atomic E-state index is -0.341. The van der Waals surface area contributed by atoms with E-state index >= 15 is 0 Å². The number of nitrogens with one attached hydrogen (secondary N) is 2. The van der Waals surface area contributed by atoms with Crippen molar-refractivity contribution in [3.63, 3.8) is 0 Å². The number of hydrogen-bond donors (Lipinski definition) is 3. The zero-order chi connectivity index (χ0) is 24.5. The van der Waals surface area contributed by atoms with E-state index in [4.69, 9.17) is 5.73 Å². The maximum Gasteiger partial charge on any atom is 0.207 e. The number of rotatable bonds is 9. The number of hydrogen-bond acceptors (Lipinski definition) is 7. The molecule has 1 aliphatic rings. The quantitative estimate of drug-likeness (QED) is 0.293. The molecule has 1 fully saturated rings. The van der Waals surface area contributed by atoms with E-state index in [0.29, 0.717) is 35.8 Å². The molecule has 0 aliphatic carbocycles. The van der Waals surface area contributed by atoms with Crippen LogP contribution >= 0.6 is 11.8 Å². The first-order valence-electron chi connectivity index (χ1n) is 10.3. The van der Waals surface area contributed by atoms with Gasteiger partial charge in [-0.2, -0.15) is 0 Å². The van der Waals surface area contributed by atoms with Gasteiger partial charge >= 0.3 is 0 Å². The molecular formula is C23H32FN7OS. The third-order valence-corrected chi connectivity index (χ3v) is 4.91. The van der Waals surface area contributed by atoms with Crippen molar-refractivity contribution in [3.8, 4) is 0 Å². The smallest absolute Gasteiger partial charge is 0.207 e. The number of amides is 1. The summed E-state index contributed by atoms with van der Waals surface area (Å²) < 4.78 is 15.1. The molecule has 3 heterocycles. The molecule has 0 spiro atoms. The highest BCUT2D eigenvalue weighted by Crippen LogP contribution is 2.25. The largest absolute Gasteiger partial charge is 0.402 e. The van der Waals surface area contributed by atoms with E-state index in [1.807, 2.05) is 23.8 Å². The highest BCUT2D eigenvalue weighted by molar-refractivity contribution is 8.07. The minimum absolute atomic E-state index is 0.322. The van der Waals surface area contributed by atoms with Crippen LogP contribution in [0.15, 0.2) is 48.1 Å². The van der Waals surface area contributed by atoms with Crippen LogP contribution in [-0.4, -0.2) is 53.6 Å². The van der Waals surface area contributed by atoms with Crippen molar-refractivity contribution in [2.75, 3.05) is 25.9 Å². The zero-order valence-electron chi connectivity index (χ0n) is 19.1. The molecule has 2 aromatic heterocycles. The maximum absolute atomic E-state index is 13.2. The van der Waals surface area contributed by atoms with Crippen LogP contribution in [0.5, 0.6) is 0 Å². The Bertz CT molecular complexity index is 944. The van der Waals surface area contributed by atoms with Crippen LogP contribution in [0.25, 0.3) is 17.1 Å². The molecule has 3 rings (SSSR count). The Labute approximate surface area is 199 Å². The average molecular weight is 474 g/mol. The van der Waals surface area contributed by atoms with Crippen molar-refractivity contribution in [2.24, 2.45) is 10.7 Å². The van der Waals surface area contributed by atoms with E-state index in [2.05, 4.69) is 38.9 Å². The first-order chi connectivity index (χ1) is 16.0. The van der Waals surface area contributed by atoms with Gasteiger partial charge in [0.25, 0.3) is 0 Å². The van der Waals surface area contributed by atoms with Crippen molar-refractivity contribution < 1.29 is 9.18 Å². The molecular weight excluding hydrogens is 441 g/mol. The minimum Gasteiger partial charge on any atom is -0.402 e. The number of aliphatic imine (C=N–C) groups is 1. The molecule has 0 saturated carbocycles. The first-order valence-corrected chi connectivity index (χ1v) is 11.5. The van der Waals surface area contributed by atoms with E-state index in [1.54, 1.807) is 24.7 Å². The second kappa shape index (κ2) is 16.4. The van der Waals surface area contributed by atoms with E-state index in [-0.39, 0.29) is 5.82 Å². The van der Waals surface area contributed by atoms with Gasteiger partial charge in [-0.15, -0.1) is 11.8 Å². The molecule has 1 aliphatic heterocycles. The zero-order valence-corrected chi connectivity index (χ0v) is 19.9. The first kappa shape index (κ1) is 27.8. The summed E-state index contributed by atoms with van der Waals surface area (Å²) in [6.45, 7) is 12.5. The summed E-state index contributed by atoms with van der Waals surface area (Å²) in [5, 5.41) is 5.71. The lowest BCUT2D eigenvalue weighted by Gasteiger charge is -2.09. The molecule has 2 aromatic rings. The number of halogens is 1. The van der Waals surface area contributed by atoms with E-state index in [1.165, 1.54) is 43.5 Å². The normalized spacial score (nSPS) is 12.8. The van der Waals surface area contributed by atoms with Gasteiger partial charge in [0.1, 0.15) is 11.5 Å². The summed E-state index contributed by atoms with van der Waals surface area (Å²) in [5.41, 5.74) is 8.36. The molecule has 0 radical (unpaired) electrons. The highest BCUT2D eigenvalue weighted by atomic mass is 32.2. The van der Waals surface area contributed by atoms with Crippen LogP contribution in [0.4, 0.5) is 4.39 Å². The van der Waals surface area contributed by atoms with Gasteiger partial charge in [0.2, 0.25) is 6.41 Å². The number of imidazole rings is 1. The van der Waals surface area contributed by atoms with Crippen molar-refractivity contribution in [1.82, 2.24) is 25.2 Å². The number of carbonyl (C=O) groups is 1. The van der Waals surface area contributed by atoms with Crippen LogP contribution in [0.3, 0.4) is 0 Å². The molecule has 1 saturated heterocycles. The lowest BCUT2D eigenvalue weighted by Crippen LogP contribution is -2.29. The van der Waals surface area contributed by atoms with Crippen LogP contribution in [0, 0.1) is 5.82 Å². The SMILES string of the molecule is C1CNC1.C=Cc1ncn(CCNC=O)c1/C=C(\C)N.C=N/C=C(\SC)c1ncccc1F. The Balaban J connectivity index is 0.000000285. The molecule has 0 aromatic carbocycles. The Morgan fingerprint density at radius 1 is 1.45 bits per heavy atom. The molecule has 4 N–H and O–H groups in total.